The Balaban J connectivity index is 2.11. The number of hydrogen-bond donors (Lipinski definition) is 0. The third-order valence-corrected chi connectivity index (χ3v) is 14.7. The van der Waals surface area contributed by atoms with E-state index in [2.05, 4.69) is 38.1 Å². The largest absolute Gasteiger partial charge is 0.175 e. The molecule has 3 rings (SSSR count). The Hall–Kier alpha value is 0.0800. The molecule has 0 N–H and O–H groups in total. The SMILES string of the molecule is [CH2-][P+]1(c2ccccc2[P+]2([CH2-])[C@H](C)CC[C@H]2C)CCCC1. The van der Waals surface area contributed by atoms with Crippen LogP contribution in [0.25, 0.3) is 0 Å². The van der Waals surface area contributed by atoms with Gasteiger partial charge in [0, 0.05) is 23.6 Å². The van der Waals surface area contributed by atoms with Gasteiger partial charge in [0.25, 0.3) is 0 Å². The molecule has 110 valence electrons. The van der Waals surface area contributed by atoms with E-state index < -0.39 is 14.5 Å². The van der Waals surface area contributed by atoms with E-state index >= 15 is 0 Å². The van der Waals surface area contributed by atoms with Crippen LogP contribution in [0.4, 0.5) is 0 Å². The van der Waals surface area contributed by atoms with E-state index in [1.54, 1.807) is 10.6 Å². The van der Waals surface area contributed by atoms with Gasteiger partial charge in [-0.05, 0) is 51.7 Å². The van der Waals surface area contributed by atoms with Gasteiger partial charge in [-0.3, -0.25) is 0 Å². The summed E-state index contributed by atoms with van der Waals surface area (Å²) >= 11 is 0. The summed E-state index contributed by atoms with van der Waals surface area (Å²) in [6, 6.07) is 9.30. The monoisotopic (exact) mass is 306 g/mol. The first-order valence-electron chi connectivity index (χ1n) is 8.03. The topological polar surface area (TPSA) is 0 Å². The van der Waals surface area contributed by atoms with Crippen LogP contribution in [0.3, 0.4) is 0 Å². The van der Waals surface area contributed by atoms with Gasteiger partial charge in [-0.25, -0.2) is 0 Å². The molecule has 0 amide bonds. The zero-order valence-electron chi connectivity index (χ0n) is 13.0. The molecule has 20 heavy (non-hydrogen) atoms. The molecule has 2 aliphatic rings. The van der Waals surface area contributed by atoms with Crippen molar-refractivity contribution in [3.8, 4) is 0 Å². The molecule has 1 aromatic carbocycles. The van der Waals surface area contributed by atoms with E-state index in [0.717, 1.165) is 11.3 Å². The van der Waals surface area contributed by atoms with E-state index in [1.807, 2.05) is 0 Å². The van der Waals surface area contributed by atoms with Crippen LogP contribution in [-0.2, 0) is 0 Å². The van der Waals surface area contributed by atoms with Crippen molar-refractivity contribution >= 4 is 25.1 Å². The molecule has 0 spiro atoms. The Kier molecular flexibility index (Phi) is 4.03. The fourth-order valence-electron chi connectivity index (χ4n) is 4.25. The molecule has 1 aromatic rings. The van der Waals surface area contributed by atoms with Crippen molar-refractivity contribution < 1.29 is 0 Å². The molecular formula is C18H28P2. The zero-order valence-corrected chi connectivity index (χ0v) is 14.8. The predicted molar refractivity (Wildman–Crippen MR) is 97.4 cm³/mol. The molecule has 2 atom stereocenters. The first-order valence-corrected chi connectivity index (χ1v) is 12.5. The van der Waals surface area contributed by atoms with Gasteiger partial charge in [-0.2, -0.15) is 13.3 Å². The Morgan fingerprint density at radius 1 is 0.900 bits per heavy atom. The number of hydrogen-bond acceptors (Lipinski definition) is 0. The summed E-state index contributed by atoms with van der Waals surface area (Å²) in [6.07, 6.45) is 8.25. The number of rotatable bonds is 2. The van der Waals surface area contributed by atoms with Crippen molar-refractivity contribution in [2.75, 3.05) is 12.3 Å². The van der Waals surface area contributed by atoms with Gasteiger partial charge >= 0.3 is 0 Å². The summed E-state index contributed by atoms with van der Waals surface area (Å²) < 4.78 is 0. The minimum atomic E-state index is -1.25. The fourth-order valence-corrected chi connectivity index (χ4v) is 12.7. The van der Waals surface area contributed by atoms with E-state index in [4.69, 9.17) is 13.3 Å². The fraction of sp³-hybridized carbons (Fsp3) is 0.556. The van der Waals surface area contributed by atoms with Crippen LogP contribution in [0.5, 0.6) is 0 Å². The second-order valence-corrected chi connectivity index (χ2v) is 14.8. The molecule has 2 heteroatoms. The van der Waals surface area contributed by atoms with Crippen molar-refractivity contribution in [3.63, 3.8) is 0 Å². The summed E-state index contributed by atoms with van der Waals surface area (Å²) in [5.41, 5.74) is 1.60. The summed E-state index contributed by atoms with van der Waals surface area (Å²) in [5, 5.41) is 3.31. The second kappa shape index (κ2) is 5.37. The lowest BCUT2D eigenvalue weighted by Gasteiger charge is -2.38. The molecule has 0 radical (unpaired) electrons. The van der Waals surface area contributed by atoms with Crippen molar-refractivity contribution in [1.29, 1.82) is 0 Å². The molecule has 0 bridgehead atoms. The van der Waals surface area contributed by atoms with Crippen LogP contribution in [0.15, 0.2) is 24.3 Å². The molecule has 0 saturated carbocycles. The van der Waals surface area contributed by atoms with Crippen LogP contribution in [0.2, 0.25) is 0 Å². The van der Waals surface area contributed by atoms with Gasteiger partial charge in [0.2, 0.25) is 0 Å². The van der Waals surface area contributed by atoms with Gasteiger partial charge in [-0.1, -0.05) is 26.7 Å². The Morgan fingerprint density at radius 3 is 1.95 bits per heavy atom. The maximum Gasteiger partial charge on any atom is 0.104 e. The van der Waals surface area contributed by atoms with Crippen LogP contribution in [0.1, 0.15) is 39.5 Å². The molecule has 0 nitrogen and oxygen atoms in total. The average Bonchev–Trinajstić information content (AvgIpc) is 3.00. The quantitative estimate of drug-likeness (QED) is 0.537. The average molecular weight is 306 g/mol. The molecule has 0 aliphatic carbocycles. The minimum Gasteiger partial charge on any atom is -0.175 e. The maximum absolute atomic E-state index is 4.87. The molecule has 2 heterocycles. The van der Waals surface area contributed by atoms with Crippen LogP contribution >= 0.6 is 14.5 Å². The van der Waals surface area contributed by atoms with Crippen molar-refractivity contribution in [2.45, 2.75) is 50.8 Å². The number of benzene rings is 1. The molecule has 2 fully saturated rings. The molecule has 0 aromatic heterocycles. The highest BCUT2D eigenvalue weighted by molar-refractivity contribution is 7.90. The first-order chi connectivity index (χ1) is 9.48. The Labute approximate surface area is 126 Å². The van der Waals surface area contributed by atoms with E-state index in [-0.39, 0.29) is 0 Å². The van der Waals surface area contributed by atoms with Crippen molar-refractivity contribution in [1.82, 2.24) is 0 Å². The normalized spacial score (nSPS) is 31.6. The summed E-state index contributed by atoms with van der Waals surface area (Å²) in [6.45, 7) is 14.5. The third kappa shape index (κ3) is 2.19. The van der Waals surface area contributed by atoms with Crippen LogP contribution in [-0.4, -0.2) is 23.6 Å². The van der Waals surface area contributed by atoms with Gasteiger partial charge in [-0.15, -0.1) is 0 Å². The Bertz CT molecular complexity index is 478. The standard InChI is InChI=1S/C18H28P2/c1-15-11-12-16(2)20(15,4)18-10-6-5-9-17(18)19(3)13-7-8-14-19/h5-6,9-10,15-16H,3-4,7-8,11-14H2,1-2H3/t15-,16-/m1/s1. The second-order valence-electron chi connectivity index (χ2n) is 6.99. The summed E-state index contributed by atoms with van der Waals surface area (Å²) in [5.74, 6) is 0. The van der Waals surface area contributed by atoms with E-state index in [0.29, 0.717) is 0 Å². The highest BCUT2D eigenvalue weighted by Crippen LogP contribution is 2.72. The third-order valence-electron chi connectivity index (χ3n) is 5.84. The molecule has 2 saturated heterocycles. The van der Waals surface area contributed by atoms with Crippen molar-refractivity contribution in [2.24, 2.45) is 0 Å². The predicted octanol–water partition coefficient (Wildman–Crippen LogP) is 4.92. The Morgan fingerprint density at radius 2 is 1.40 bits per heavy atom. The lowest BCUT2D eigenvalue weighted by Crippen LogP contribution is -2.33. The molecule has 2 aliphatic heterocycles. The molecule has 0 unspecified atom stereocenters. The van der Waals surface area contributed by atoms with E-state index in [1.165, 1.54) is 38.0 Å². The zero-order chi connectivity index (χ0) is 14.4. The van der Waals surface area contributed by atoms with Crippen molar-refractivity contribution in [3.05, 3.63) is 37.6 Å². The van der Waals surface area contributed by atoms with Crippen LogP contribution < -0.4 is 10.6 Å². The minimum absolute atomic E-state index is 0.799. The van der Waals surface area contributed by atoms with Gasteiger partial charge in [0.05, 0.1) is 0 Å². The van der Waals surface area contributed by atoms with Gasteiger partial charge < -0.3 is 0 Å². The highest BCUT2D eigenvalue weighted by atomic mass is 31.2. The summed E-state index contributed by atoms with van der Waals surface area (Å²) in [4.78, 5) is 0. The van der Waals surface area contributed by atoms with Gasteiger partial charge in [0.15, 0.2) is 0 Å². The van der Waals surface area contributed by atoms with Crippen LogP contribution in [0, 0.1) is 13.3 Å². The maximum atomic E-state index is 4.87. The molecular weight excluding hydrogens is 278 g/mol. The van der Waals surface area contributed by atoms with E-state index in [9.17, 15) is 0 Å². The van der Waals surface area contributed by atoms with Gasteiger partial charge in [0.1, 0.15) is 10.6 Å². The lowest BCUT2D eigenvalue weighted by atomic mass is 10.2. The summed E-state index contributed by atoms with van der Waals surface area (Å²) in [7, 11) is -2.37. The lowest BCUT2D eigenvalue weighted by molar-refractivity contribution is 0.777. The smallest absolute Gasteiger partial charge is 0.104 e. The highest BCUT2D eigenvalue weighted by Gasteiger charge is 2.48. The first kappa shape index (κ1) is 15.0.